The first-order valence-corrected chi connectivity index (χ1v) is 4.67. The third-order valence-electron chi connectivity index (χ3n) is 1.79. The maximum absolute atomic E-state index is 12.5. The minimum Gasteiger partial charge on any atom is -0.478 e. The van der Waals surface area contributed by atoms with Crippen LogP contribution >= 0.6 is 15.9 Å². The number of carboxylic acid groups (broad SMARTS) is 1. The Morgan fingerprint density at radius 1 is 1.67 bits per heavy atom. The van der Waals surface area contributed by atoms with Crippen LogP contribution in [0.1, 0.15) is 28.0 Å². The number of aromatic carboxylic acids is 1. The molecule has 0 unspecified atom stereocenters. The van der Waals surface area contributed by atoms with Crippen LogP contribution in [0.3, 0.4) is 0 Å². The lowest BCUT2D eigenvalue weighted by atomic mass is 10.1. The molecule has 0 aliphatic rings. The average molecular weight is 281 g/mol. The van der Waals surface area contributed by atoms with E-state index in [4.69, 9.17) is 10.8 Å². The van der Waals surface area contributed by atoms with Gasteiger partial charge in [-0.3, -0.25) is 4.98 Å². The van der Waals surface area contributed by atoms with Crippen LogP contribution in [0.25, 0.3) is 0 Å². The number of carboxylic acids is 1. The summed E-state index contributed by atoms with van der Waals surface area (Å²) < 4.78 is 25.1. The third kappa shape index (κ3) is 2.29. The van der Waals surface area contributed by atoms with Crippen LogP contribution in [-0.4, -0.2) is 16.1 Å². The van der Waals surface area contributed by atoms with Crippen LogP contribution in [0, 0.1) is 0 Å². The molecule has 0 aromatic carbocycles. The molecule has 1 rings (SSSR count). The Morgan fingerprint density at radius 2 is 2.27 bits per heavy atom. The minimum atomic E-state index is -2.84. The van der Waals surface area contributed by atoms with Crippen LogP contribution in [0.15, 0.2) is 10.7 Å². The summed E-state index contributed by atoms with van der Waals surface area (Å²) in [6.07, 6.45) is -1.81. The van der Waals surface area contributed by atoms with Crippen molar-refractivity contribution in [2.24, 2.45) is 5.73 Å². The first-order chi connectivity index (χ1) is 6.99. The smallest absolute Gasteiger partial charge is 0.337 e. The molecule has 15 heavy (non-hydrogen) atoms. The highest BCUT2D eigenvalue weighted by molar-refractivity contribution is 9.10. The Bertz CT molecular complexity index is 398. The van der Waals surface area contributed by atoms with Crippen LogP contribution in [-0.2, 0) is 6.54 Å². The number of halogens is 3. The van der Waals surface area contributed by atoms with Crippen molar-refractivity contribution >= 4 is 21.9 Å². The summed E-state index contributed by atoms with van der Waals surface area (Å²) in [6, 6.07) is 0. The van der Waals surface area contributed by atoms with Crippen LogP contribution in [0.2, 0.25) is 0 Å². The van der Waals surface area contributed by atoms with Crippen molar-refractivity contribution < 1.29 is 18.7 Å². The van der Waals surface area contributed by atoms with Gasteiger partial charge in [0.25, 0.3) is 6.43 Å². The summed E-state index contributed by atoms with van der Waals surface area (Å²) in [6.45, 7) is -0.298. The van der Waals surface area contributed by atoms with Gasteiger partial charge in [-0.25, -0.2) is 13.6 Å². The normalized spacial score (nSPS) is 10.7. The standard InChI is InChI=1S/C8H7BrF2N2O2/c9-4-2-13-6(7(10)11)3(1-12)5(4)8(14)15/h2,7H,1,12H2,(H,14,15). The van der Waals surface area contributed by atoms with Gasteiger partial charge in [0, 0.05) is 18.3 Å². The molecule has 0 spiro atoms. The van der Waals surface area contributed by atoms with Gasteiger partial charge < -0.3 is 10.8 Å². The fourth-order valence-corrected chi connectivity index (χ4v) is 1.68. The zero-order valence-electron chi connectivity index (χ0n) is 7.38. The van der Waals surface area contributed by atoms with Gasteiger partial charge in [0.15, 0.2) is 0 Å². The van der Waals surface area contributed by atoms with E-state index in [-0.39, 0.29) is 22.1 Å². The monoisotopic (exact) mass is 280 g/mol. The summed E-state index contributed by atoms with van der Waals surface area (Å²) in [5.41, 5.74) is 4.25. The molecule has 0 saturated carbocycles. The van der Waals surface area contributed by atoms with E-state index in [9.17, 15) is 13.6 Å². The van der Waals surface area contributed by atoms with Gasteiger partial charge in [-0.2, -0.15) is 0 Å². The maximum Gasteiger partial charge on any atom is 0.337 e. The van der Waals surface area contributed by atoms with Gasteiger partial charge in [0.05, 0.1) is 10.0 Å². The number of hydrogen-bond donors (Lipinski definition) is 2. The summed E-state index contributed by atoms with van der Waals surface area (Å²) in [5.74, 6) is -1.31. The van der Waals surface area contributed by atoms with Crippen LogP contribution in [0.5, 0.6) is 0 Å². The van der Waals surface area contributed by atoms with Crippen LogP contribution < -0.4 is 5.73 Å². The Hall–Kier alpha value is -1.08. The van der Waals surface area contributed by atoms with E-state index in [1.165, 1.54) is 0 Å². The van der Waals surface area contributed by atoms with Crippen LogP contribution in [0.4, 0.5) is 8.78 Å². The van der Waals surface area contributed by atoms with E-state index in [0.717, 1.165) is 6.20 Å². The summed E-state index contributed by atoms with van der Waals surface area (Å²) >= 11 is 2.93. The van der Waals surface area contributed by atoms with Gasteiger partial charge >= 0.3 is 5.97 Å². The molecule has 3 N–H and O–H groups in total. The number of alkyl halides is 2. The Kier molecular flexibility index (Phi) is 3.70. The average Bonchev–Trinajstić information content (AvgIpc) is 2.15. The molecular weight excluding hydrogens is 274 g/mol. The molecule has 82 valence electrons. The van der Waals surface area contributed by atoms with E-state index in [0.29, 0.717) is 0 Å². The molecule has 0 amide bonds. The fraction of sp³-hybridized carbons (Fsp3) is 0.250. The van der Waals surface area contributed by atoms with Crippen molar-refractivity contribution in [2.75, 3.05) is 0 Å². The molecule has 1 heterocycles. The highest BCUT2D eigenvalue weighted by Gasteiger charge is 2.22. The molecule has 4 nitrogen and oxygen atoms in total. The van der Waals surface area contributed by atoms with Gasteiger partial charge in [0.2, 0.25) is 0 Å². The summed E-state index contributed by atoms with van der Waals surface area (Å²) in [4.78, 5) is 14.3. The predicted molar refractivity (Wildman–Crippen MR) is 51.7 cm³/mol. The van der Waals surface area contributed by atoms with Crippen molar-refractivity contribution in [3.8, 4) is 0 Å². The Labute approximate surface area is 92.2 Å². The van der Waals surface area contributed by atoms with Crippen molar-refractivity contribution in [1.82, 2.24) is 4.98 Å². The van der Waals surface area contributed by atoms with E-state index >= 15 is 0 Å². The minimum absolute atomic E-state index is 0.139. The fourth-order valence-electron chi connectivity index (χ4n) is 1.17. The van der Waals surface area contributed by atoms with E-state index in [1.54, 1.807) is 0 Å². The topological polar surface area (TPSA) is 76.2 Å². The Morgan fingerprint density at radius 3 is 2.67 bits per heavy atom. The first-order valence-electron chi connectivity index (χ1n) is 3.87. The van der Waals surface area contributed by atoms with Crippen molar-refractivity contribution in [2.45, 2.75) is 13.0 Å². The number of rotatable bonds is 3. The molecule has 0 aliphatic carbocycles. The van der Waals surface area contributed by atoms with Crippen molar-refractivity contribution in [3.63, 3.8) is 0 Å². The number of nitrogens with two attached hydrogens (primary N) is 1. The molecule has 0 fully saturated rings. The molecule has 1 aromatic rings. The van der Waals surface area contributed by atoms with Crippen molar-refractivity contribution in [1.29, 1.82) is 0 Å². The molecule has 7 heteroatoms. The van der Waals surface area contributed by atoms with E-state index in [2.05, 4.69) is 20.9 Å². The second-order valence-corrected chi connectivity index (χ2v) is 3.51. The second kappa shape index (κ2) is 4.63. The number of hydrogen-bond acceptors (Lipinski definition) is 3. The first kappa shape index (κ1) is 12.0. The molecule has 0 radical (unpaired) electrons. The molecular formula is C8H7BrF2N2O2. The number of pyridine rings is 1. The van der Waals surface area contributed by atoms with E-state index in [1.807, 2.05) is 0 Å². The number of carbonyl (C=O) groups is 1. The number of nitrogens with zero attached hydrogens (tertiary/aromatic N) is 1. The SMILES string of the molecule is NCc1c(C(F)F)ncc(Br)c1C(=O)O. The molecule has 0 bridgehead atoms. The van der Waals surface area contributed by atoms with Gasteiger partial charge in [-0.15, -0.1) is 0 Å². The quantitative estimate of drug-likeness (QED) is 0.887. The molecule has 0 aliphatic heterocycles. The van der Waals surface area contributed by atoms with Crippen molar-refractivity contribution in [3.05, 3.63) is 27.5 Å². The van der Waals surface area contributed by atoms with Gasteiger partial charge in [0.1, 0.15) is 5.69 Å². The second-order valence-electron chi connectivity index (χ2n) is 2.65. The lowest BCUT2D eigenvalue weighted by Crippen LogP contribution is -2.13. The predicted octanol–water partition coefficient (Wildman–Crippen LogP) is 1.94. The van der Waals surface area contributed by atoms with Gasteiger partial charge in [-0.05, 0) is 15.9 Å². The van der Waals surface area contributed by atoms with Gasteiger partial charge in [-0.1, -0.05) is 0 Å². The lowest BCUT2D eigenvalue weighted by Gasteiger charge is -2.10. The molecule has 1 aromatic heterocycles. The Balaban J connectivity index is 3.47. The van der Waals surface area contributed by atoms with E-state index < -0.39 is 18.1 Å². The number of aromatic nitrogens is 1. The summed E-state index contributed by atoms with van der Waals surface area (Å²) in [5, 5.41) is 8.83. The highest BCUT2D eigenvalue weighted by Crippen LogP contribution is 2.27. The zero-order valence-corrected chi connectivity index (χ0v) is 8.96. The largest absolute Gasteiger partial charge is 0.478 e. The molecule has 0 saturated heterocycles. The third-order valence-corrected chi connectivity index (χ3v) is 2.39. The molecule has 0 atom stereocenters. The maximum atomic E-state index is 12.5. The highest BCUT2D eigenvalue weighted by atomic mass is 79.9. The zero-order chi connectivity index (χ0) is 11.6. The lowest BCUT2D eigenvalue weighted by molar-refractivity contribution is 0.0693. The summed E-state index contributed by atoms with van der Waals surface area (Å²) in [7, 11) is 0.